The van der Waals surface area contributed by atoms with E-state index in [1.807, 2.05) is 0 Å². The van der Waals surface area contributed by atoms with Gasteiger partial charge in [-0.1, -0.05) is 0 Å². The SMILES string of the molecule is COC(=O)Cn1nc(CF)c2cc(C(F)(F)F)ccc2c1=O. The number of rotatable bonds is 3. The summed E-state index contributed by atoms with van der Waals surface area (Å²) in [4.78, 5) is 23.3. The van der Waals surface area contributed by atoms with Gasteiger partial charge in [-0.15, -0.1) is 0 Å². The van der Waals surface area contributed by atoms with E-state index in [1.54, 1.807) is 0 Å². The van der Waals surface area contributed by atoms with Crippen LogP contribution in [0.4, 0.5) is 17.6 Å². The number of ether oxygens (including phenoxy) is 1. The van der Waals surface area contributed by atoms with Crippen LogP contribution in [-0.4, -0.2) is 22.9 Å². The lowest BCUT2D eigenvalue weighted by molar-refractivity contribution is -0.141. The summed E-state index contributed by atoms with van der Waals surface area (Å²) in [6.07, 6.45) is -4.62. The molecule has 0 fully saturated rings. The molecule has 0 bridgehead atoms. The van der Waals surface area contributed by atoms with Crippen molar-refractivity contribution in [2.24, 2.45) is 0 Å². The fourth-order valence-electron chi connectivity index (χ4n) is 1.92. The van der Waals surface area contributed by atoms with Crippen molar-refractivity contribution in [1.82, 2.24) is 9.78 Å². The first-order chi connectivity index (χ1) is 10.3. The molecule has 1 aromatic carbocycles. The summed E-state index contributed by atoms with van der Waals surface area (Å²) in [5.41, 5.74) is -2.17. The molecule has 22 heavy (non-hydrogen) atoms. The van der Waals surface area contributed by atoms with Crippen molar-refractivity contribution >= 4 is 16.7 Å². The number of nitrogens with zero attached hydrogens (tertiary/aromatic N) is 2. The smallest absolute Gasteiger partial charge is 0.416 e. The van der Waals surface area contributed by atoms with Gasteiger partial charge in [0.15, 0.2) is 0 Å². The topological polar surface area (TPSA) is 61.2 Å². The third kappa shape index (κ3) is 2.92. The van der Waals surface area contributed by atoms with Gasteiger partial charge in [-0.25, -0.2) is 9.07 Å². The predicted octanol–water partition coefficient (Wildman–Crippen LogP) is 2.06. The third-order valence-corrected chi connectivity index (χ3v) is 3.00. The van der Waals surface area contributed by atoms with Gasteiger partial charge in [-0.2, -0.15) is 18.3 Å². The minimum absolute atomic E-state index is 0.153. The van der Waals surface area contributed by atoms with Crippen molar-refractivity contribution in [3.63, 3.8) is 0 Å². The molecule has 5 nitrogen and oxygen atoms in total. The second-order valence-electron chi connectivity index (χ2n) is 4.38. The number of alkyl halides is 4. The number of fused-ring (bicyclic) bond motifs is 1. The molecule has 0 atom stereocenters. The molecule has 0 amide bonds. The first-order valence-corrected chi connectivity index (χ1v) is 6.01. The highest BCUT2D eigenvalue weighted by atomic mass is 19.4. The molecule has 118 valence electrons. The fraction of sp³-hybridized carbons (Fsp3) is 0.308. The standard InChI is InChI=1S/C13H10F4N2O3/c1-22-11(20)6-19-12(21)8-3-2-7(13(15,16)17)4-9(8)10(5-14)18-19/h2-4H,5-6H2,1H3. The van der Waals surface area contributed by atoms with Gasteiger partial charge in [0.25, 0.3) is 5.56 Å². The Hall–Kier alpha value is -2.45. The molecule has 1 heterocycles. The molecular formula is C13H10F4N2O3. The summed E-state index contributed by atoms with van der Waals surface area (Å²) in [6, 6.07) is 2.32. The molecule has 0 saturated heterocycles. The number of aromatic nitrogens is 2. The molecular weight excluding hydrogens is 308 g/mol. The molecule has 2 rings (SSSR count). The number of hydrogen-bond donors (Lipinski definition) is 0. The van der Waals surface area contributed by atoms with Crippen LogP contribution >= 0.6 is 0 Å². The Kier molecular flexibility index (Phi) is 4.16. The number of halogens is 4. The number of carbonyl (C=O) groups excluding carboxylic acids is 1. The summed E-state index contributed by atoms with van der Waals surface area (Å²) in [7, 11) is 1.10. The van der Waals surface area contributed by atoms with Crippen molar-refractivity contribution in [2.45, 2.75) is 19.4 Å². The maximum absolute atomic E-state index is 13.0. The lowest BCUT2D eigenvalue weighted by Gasteiger charge is -2.11. The monoisotopic (exact) mass is 318 g/mol. The van der Waals surface area contributed by atoms with Crippen LogP contribution in [0.3, 0.4) is 0 Å². The molecule has 0 aliphatic rings. The van der Waals surface area contributed by atoms with Gasteiger partial charge in [-0.3, -0.25) is 9.59 Å². The van der Waals surface area contributed by atoms with Crippen LogP contribution in [0.5, 0.6) is 0 Å². The summed E-state index contributed by atoms with van der Waals surface area (Å²) >= 11 is 0. The lowest BCUT2D eigenvalue weighted by atomic mass is 10.1. The van der Waals surface area contributed by atoms with Gasteiger partial charge >= 0.3 is 12.1 Å². The first kappa shape index (κ1) is 15.9. The van der Waals surface area contributed by atoms with E-state index in [0.29, 0.717) is 16.8 Å². The molecule has 0 radical (unpaired) electrons. The molecule has 0 spiro atoms. The van der Waals surface area contributed by atoms with Gasteiger partial charge in [0.2, 0.25) is 0 Å². The lowest BCUT2D eigenvalue weighted by Crippen LogP contribution is -2.28. The van der Waals surface area contributed by atoms with E-state index < -0.39 is 36.5 Å². The van der Waals surface area contributed by atoms with Crippen molar-refractivity contribution in [3.8, 4) is 0 Å². The van der Waals surface area contributed by atoms with Crippen molar-refractivity contribution in [1.29, 1.82) is 0 Å². The number of methoxy groups -OCH3 is 1. The summed E-state index contributed by atoms with van der Waals surface area (Å²) in [5.74, 6) is -0.786. The van der Waals surface area contributed by atoms with E-state index in [2.05, 4.69) is 9.84 Å². The van der Waals surface area contributed by atoms with Gasteiger partial charge in [0.05, 0.1) is 18.1 Å². The molecule has 0 N–H and O–H groups in total. The van der Waals surface area contributed by atoms with Gasteiger partial charge in [0.1, 0.15) is 18.9 Å². The molecule has 1 aromatic heterocycles. The maximum atomic E-state index is 13.0. The first-order valence-electron chi connectivity index (χ1n) is 6.01. The van der Waals surface area contributed by atoms with Crippen LogP contribution in [0.25, 0.3) is 10.8 Å². The van der Waals surface area contributed by atoms with Gasteiger partial charge in [0, 0.05) is 5.39 Å². The van der Waals surface area contributed by atoms with E-state index >= 15 is 0 Å². The molecule has 0 saturated carbocycles. The van der Waals surface area contributed by atoms with Gasteiger partial charge in [-0.05, 0) is 18.2 Å². The van der Waals surface area contributed by atoms with Crippen molar-refractivity contribution in [2.75, 3.05) is 7.11 Å². The Morgan fingerprint density at radius 2 is 2.00 bits per heavy atom. The van der Waals surface area contributed by atoms with Crippen molar-refractivity contribution in [3.05, 3.63) is 39.8 Å². The zero-order valence-corrected chi connectivity index (χ0v) is 11.3. The van der Waals surface area contributed by atoms with Crippen LogP contribution in [0.15, 0.2) is 23.0 Å². The summed E-state index contributed by atoms with van der Waals surface area (Å²) in [6.45, 7) is -1.74. The Bertz CT molecular complexity index is 783. The summed E-state index contributed by atoms with van der Waals surface area (Å²) < 4.78 is 56.2. The molecule has 0 aliphatic heterocycles. The quantitative estimate of drug-likeness (QED) is 0.642. The zero-order chi connectivity index (χ0) is 16.5. The number of hydrogen-bond acceptors (Lipinski definition) is 4. The van der Waals surface area contributed by atoms with Crippen LogP contribution in [0, 0.1) is 0 Å². The number of benzene rings is 1. The second-order valence-corrected chi connectivity index (χ2v) is 4.38. The highest BCUT2D eigenvalue weighted by Crippen LogP contribution is 2.31. The van der Waals surface area contributed by atoms with Crippen molar-refractivity contribution < 1.29 is 27.1 Å². The fourth-order valence-corrected chi connectivity index (χ4v) is 1.92. The normalized spacial score (nSPS) is 11.7. The Morgan fingerprint density at radius 3 is 2.55 bits per heavy atom. The number of carbonyl (C=O) groups is 1. The minimum Gasteiger partial charge on any atom is -0.468 e. The summed E-state index contributed by atoms with van der Waals surface area (Å²) in [5, 5.41) is 3.20. The zero-order valence-electron chi connectivity index (χ0n) is 11.3. The largest absolute Gasteiger partial charge is 0.468 e. The average Bonchev–Trinajstić information content (AvgIpc) is 2.48. The molecule has 9 heteroatoms. The Labute approximate surface area is 121 Å². The third-order valence-electron chi connectivity index (χ3n) is 3.00. The molecule has 2 aromatic rings. The second kappa shape index (κ2) is 5.74. The average molecular weight is 318 g/mol. The van der Waals surface area contributed by atoms with Gasteiger partial charge < -0.3 is 4.74 Å². The number of esters is 1. The predicted molar refractivity (Wildman–Crippen MR) is 67.8 cm³/mol. The van der Waals surface area contributed by atoms with Crippen LogP contribution in [0.2, 0.25) is 0 Å². The minimum atomic E-state index is -4.62. The van der Waals surface area contributed by atoms with Crippen LogP contribution < -0.4 is 5.56 Å². The van der Waals surface area contributed by atoms with E-state index in [0.717, 1.165) is 13.2 Å². The Morgan fingerprint density at radius 1 is 1.32 bits per heavy atom. The Balaban J connectivity index is 2.69. The highest BCUT2D eigenvalue weighted by molar-refractivity contribution is 5.84. The molecule has 0 aliphatic carbocycles. The van der Waals surface area contributed by atoms with Crippen LogP contribution in [0.1, 0.15) is 11.3 Å². The van der Waals surface area contributed by atoms with E-state index in [9.17, 15) is 27.2 Å². The highest BCUT2D eigenvalue weighted by Gasteiger charge is 2.31. The molecule has 0 unspecified atom stereocenters. The van der Waals surface area contributed by atoms with E-state index in [4.69, 9.17) is 0 Å². The van der Waals surface area contributed by atoms with E-state index in [1.165, 1.54) is 0 Å². The van der Waals surface area contributed by atoms with Crippen LogP contribution in [-0.2, 0) is 28.9 Å². The van der Waals surface area contributed by atoms with E-state index in [-0.39, 0.29) is 16.5 Å². The maximum Gasteiger partial charge on any atom is 0.416 e.